The number of aromatic amines is 1. The number of thiazole rings is 1. The third-order valence-electron chi connectivity index (χ3n) is 3.36. The maximum absolute atomic E-state index is 4.74. The highest BCUT2D eigenvalue weighted by atomic mass is 32.1. The number of rotatable bonds is 3. The van der Waals surface area contributed by atoms with Gasteiger partial charge >= 0.3 is 0 Å². The first kappa shape index (κ1) is 12.2. The summed E-state index contributed by atoms with van der Waals surface area (Å²) in [5, 5.41) is 4.30. The fraction of sp³-hybridized carbons (Fsp3) is 0.0625. The van der Waals surface area contributed by atoms with Crippen molar-refractivity contribution in [1.29, 1.82) is 0 Å². The van der Waals surface area contributed by atoms with Crippen LogP contribution in [0.15, 0.2) is 54.4 Å². The van der Waals surface area contributed by atoms with Crippen molar-refractivity contribution in [2.24, 2.45) is 0 Å². The Morgan fingerprint density at radius 2 is 2.10 bits per heavy atom. The highest BCUT2D eigenvalue weighted by molar-refractivity contribution is 7.10. The van der Waals surface area contributed by atoms with Crippen molar-refractivity contribution in [2.45, 2.75) is 6.42 Å². The molecule has 3 aromatic heterocycles. The van der Waals surface area contributed by atoms with Gasteiger partial charge in [0.15, 0.2) is 0 Å². The van der Waals surface area contributed by atoms with Crippen molar-refractivity contribution in [3.63, 3.8) is 0 Å². The molecule has 0 amide bonds. The molecule has 0 aliphatic heterocycles. The zero-order valence-corrected chi connectivity index (χ0v) is 12.0. The SMILES string of the molecule is c1cnc2c(-c3csc(Cc4cnc[nH]4)n3)cccc2c1. The average Bonchev–Trinajstić information content (AvgIpc) is 3.19. The van der Waals surface area contributed by atoms with Crippen LogP contribution in [0.3, 0.4) is 0 Å². The number of para-hydroxylation sites is 1. The lowest BCUT2D eigenvalue weighted by Crippen LogP contribution is -1.88. The number of hydrogen-bond donors (Lipinski definition) is 1. The third-order valence-corrected chi connectivity index (χ3v) is 4.21. The summed E-state index contributed by atoms with van der Waals surface area (Å²) in [5.41, 5.74) is 4.14. The van der Waals surface area contributed by atoms with Crippen LogP contribution < -0.4 is 0 Å². The summed E-state index contributed by atoms with van der Waals surface area (Å²) in [6, 6.07) is 10.2. The fourth-order valence-electron chi connectivity index (χ4n) is 2.37. The Kier molecular flexibility index (Phi) is 2.97. The second-order valence-corrected chi connectivity index (χ2v) is 5.70. The topological polar surface area (TPSA) is 54.5 Å². The number of hydrogen-bond acceptors (Lipinski definition) is 4. The molecule has 4 aromatic rings. The molecule has 102 valence electrons. The lowest BCUT2D eigenvalue weighted by atomic mass is 10.1. The maximum atomic E-state index is 4.74. The highest BCUT2D eigenvalue weighted by Gasteiger charge is 2.09. The second-order valence-electron chi connectivity index (χ2n) is 4.76. The van der Waals surface area contributed by atoms with Crippen LogP contribution in [0.2, 0.25) is 0 Å². The van der Waals surface area contributed by atoms with Gasteiger partial charge in [-0.2, -0.15) is 0 Å². The van der Waals surface area contributed by atoms with E-state index in [1.807, 2.05) is 24.5 Å². The molecular formula is C16H12N4S. The molecule has 1 N–H and O–H groups in total. The Balaban J connectivity index is 1.74. The van der Waals surface area contributed by atoms with Crippen LogP contribution in [0, 0.1) is 0 Å². The van der Waals surface area contributed by atoms with Crippen molar-refractivity contribution in [3.05, 3.63) is 65.1 Å². The van der Waals surface area contributed by atoms with E-state index < -0.39 is 0 Å². The van der Waals surface area contributed by atoms with E-state index in [9.17, 15) is 0 Å². The van der Waals surface area contributed by atoms with Crippen LogP contribution in [0.5, 0.6) is 0 Å². The number of imidazole rings is 1. The maximum Gasteiger partial charge on any atom is 0.0992 e. The first-order valence-electron chi connectivity index (χ1n) is 6.66. The minimum absolute atomic E-state index is 0.781. The van der Waals surface area contributed by atoms with Gasteiger partial charge in [-0.05, 0) is 6.07 Å². The molecule has 5 heteroatoms. The molecule has 3 heterocycles. The molecule has 0 unspecified atom stereocenters. The quantitative estimate of drug-likeness (QED) is 0.627. The Morgan fingerprint density at radius 1 is 1.14 bits per heavy atom. The van der Waals surface area contributed by atoms with Crippen LogP contribution in [-0.2, 0) is 6.42 Å². The van der Waals surface area contributed by atoms with Gasteiger partial charge < -0.3 is 4.98 Å². The minimum Gasteiger partial charge on any atom is -0.348 e. The lowest BCUT2D eigenvalue weighted by Gasteiger charge is -2.02. The second kappa shape index (κ2) is 5.10. The monoisotopic (exact) mass is 292 g/mol. The first-order valence-corrected chi connectivity index (χ1v) is 7.54. The molecule has 0 spiro atoms. The van der Waals surface area contributed by atoms with E-state index in [4.69, 9.17) is 4.98 Å². The van der Waals surface area contributed by atoms with Gasteiger partial charge in [-0.3, -0.25) is 4.98 Å². The van der Waals surface area contributed by atoms with Crippen LogP contribution in [0.25, 0.3) is 22.2 Å². The highest BCUT2D eigenvalue weighted by Crippen LogP contribution is 2.28. The Hall–Kier alpha value is -2.53. The molecule has 21 heavy (non-hydrogen) atoms. The van der Waals surface area contributed by atoms with Crippen LogP contribution in [0.4, 0.5) is 0 Å². The summed E-state index contributed by atoms with van der Waals surface area (Å²) >= 11 is 1.66. The summed E-state index contributed by atoms with van der Waals surface area (Å²) < 4.78 is 0. The molecule has 0 radical (unpaired) electrons. The van der Waals surface area contributed by atoms with Crippen LogP contribution >= 0.6 is 11.3 Å². The smallest absolute Gasteiger partial charge is 0.0992 e. The summed E-state index contributed by atoms with van der Waals surface area (Å²) in [4.78, 5) is 16.4. The summed E-state index contributed by atoms with van der Waals surface area (Å²) in [5.74, 6) is 0. The number of fused-ring (bicyclic) bond motifs is 1. The number of nitrogens with one attached hydrogen (secondary N) is 1. The number of pyridine rings is 1. The predicted molar refractivity (Wildman–Crippen MR) is 84.2 cm³/mol. The van der Waals surface area contributed by atoms with Crippen molar-refractivity contribution < 1.29 is 0 Å². The summed E-state index contributed by atoms with van der Waals surface area (Å²) in [7, 11) is 0. The minimum atomic E-state index is 0.781. The molecule has 0 aliphatic carbocycles. The lowest BCUT2D eigenvalue weighted by molar-refractivity contribution is 1.08. The van der Waals surface area contributed by atoms with Gasteiger partial charge in [-0.1, -0.05) is 24.3 Å². The van der Waals surface area contributed by atoms with E-state index in [2.05, 4.69) is 38.5 Å². The molecule has 4 rings (SSSR count). The van der Waals surface area contributed by atoms with Gasteiger partial charge in [0.05, 0.1) is 22.5 Å². The number of benzene rings is 1. The van der Waals surface area contributed by atoms with E-state index >= 15 is 0 Å². The fourth-order valence-corrected chi connectivity index (χ4v) is 3.19. The molecule has 1 aromatic carbocycles. The predicted octanol–water partition coefficient (Wildman–Crippen LogP) is 3.67. The van der Waals surface area contributed by atoms with Crippen molar-refractivity contribution >= 4 is 22.2 Å². The van der Waals surface area contributed by atoms with E-state index in [0.717, 1.165) is 39.3 Å². The van der Waals surface area contributed by atoms with Gasteiger partial charge in [-0.15, -0.1) is 11.3 Å². The molecule has 0 saturated carbocycles. The van der Waals surface area contributed by atoms with Gasteiger partial charge in [0.25, 0.3) is 0 Å². The molecule has 0 aliphatic rings. The number of aromatic nitrogens is 4. The van der Waals surface area contributed by atoms with Gasteiger partial charge in [0, 0.05) is 40.8 Å². The van der Waals surface area contributed by atoms with Crippen molar-refractivity contribution in [2.75, 3.05) is 0 Å². The van der Waals surface area contributed by atoms with Crippen molar-refractivity contribution in [1.82, 2.24) is 19.9 Å². The molecule has 0 atom stereocenters. The van der Waals surface area contributed by atoms with Gasteiger partial charge in [0.1, 0.15) is 0 Å². The molecule has 0 bridgehead atoms. The largest absolute Gasteiger partial charge is 0.348 e. The first-order chi connectivity index (χ1) is 10.4. The Labute approximate surface area is 125 Å². The van der Waals surface area contributed by atoms with Crippen molar-refractivity contribution in [3.8, 4) is 11.3 Å². The van der Waals surface area contributed by atoms with E-state index in [0.29, 0.717) is 0 Å². The number of H-pyrrole nitrogens is 1. The molecule has 0 fully saturated rings. The third kappa shape index (κ3) is 2.32. The average molecular weight is 292 g/mol. The zero-order chi connectivity index (χ0) is 14.1. The molecular weight excluding hydrogens is 280 g/mol. The zero-order valence-electron chi connectivity index (χ0n) is 11.2. The van der Waals surface area contributed by atoms with Crippen LogP contribution in [-0.4, -0.2) is 19.9 Å². The Bertz CT molecular complexity index is 875. The van der Waals surface area contributed by atoms with E-state index in [-0.39, 0.29) is 0 Å². The normalized spacial score (nSPS) is 11.0. The standard InChI is InChI=1S/C16H12N4S/c1-3-11-4-2-6-18-16(11)13(5-1)14-9-21-15(20-14)7-12-8-17-10-19-12/h1-6,8-10H,7H2,(H,17,19). The molecule has 0 saturated heterocycles. The molecule has 4 nitrogen and oxygen atoms in total. The van der Waals surface area contributed by atoms with Gasteiger partial charge in [0.2, 0.25) is 0 Å². The Morgan fingerprint density at radius 3 is 3.00 bits per heavy atom. The van der Waals surface area contributed by atoms with E-state index in [1.54, 1.807) is 17.7 Å². The number of nitrogens with zero attached hydrogens (tertiary/aromatic N) is 3. The van der Waals surface area contributed by atoms with E-state index in [1.165, 1.54) is 0 Å². The van der Waals surface area contributed by atoms with Crippen LogP contribution in [0.1, 0.15) is 10.7 Å². The van der Waals surface area contributed by atoms with Gasteiger partial charge in [-0.25, -0.2) is 9.97 Å². The summed E-state index contributed by atoms with van der Waals surface area (Å²) in [6.45, 7) is 0. The summed E-state index contributed by atoms with van der Waals surface area (Å²) in [6.07, 6.45) is 6.13.